The average molecular weight is 232 g/mol. The Labute approximate surface area is 104 Å². The fraction of sp³-hybridized carbons (Fsp3) is 0.500. The predicted octanol–water partition coefficient (Wildman–Crippen LogP) is 4.93. The standard InChI is InChI=1S/C16H21F/c1-4-11-7-13(6-3)16-14(8-11)9-12(5-2)10-15(16)17/h5,9-11,13H,2,4,6-8H2,1,3H3/t11?,13-/m1/s1. The molecule has 0 aliphatic heterocycles. The summed E-state index contributed by atoms with van der Waals surface area (Å²) in [4.78, 5) is 0. The lowest BCUT2D eigenvalue weighted by Crippen LogP contribution is -2.19. The summed E-state index contributed by atoms with van der Waals surface area (Å²) in [5, 5.41) is 0. The van der Waals surface area contributed by atoms with Crippen LogP contribution in [0.2, 0.25) is 0 Å². The maximum Gasteiger partial charge on any atom is 0.127 e. The molecule has 17 heavy (non-hydrogen) atoms. The molecule has 0 spiro atoms. The second-order valence-electron chi connectivity index (χ2n) is 5.10. The summed E-state index contributed by atoms with van der Waals surface area (Å²) in [6, 6.07) is 3.75. The zero-order chi connectivity index (χ0) is 12.4. The molecule has 0 fully saturated rings. The van der Waals surface area contributed by atoms with Gasteiger partial charge in [0.15, 0.2) is 0 Å². The Morgan fingerprint density at radius 2 is 2.12 bits per heavy atom. The monoisotopic (exact) mass is 232 g/mol. The minimum atomic E-state index is -0.0289. The van der Waals surface area contributed by atoms with Crippen LogP contribution in [0.25, 0.3) is 6.08 Å². The highest BCUT2D eigenvalue weighted by molar-refractivity contribution is 5.51. The Bertz CT molecular complexity index is 420. The summed E-state index contributed by atoms with van der Waals surface area (Å²) < 4.78 is 14.1. The molecule has 0 heterocycles. The first kappa shape index (κ1) is 12.3. The van der Waals surface area contributed by atoms with Gasteiger partial charge in [-0.2, -0.15) is 0 Å². The molecule has 1 aliphatic carbocycles. The zero-order valence-corrected chi connectivity index (χ0v) is 10.8. The van der Waals surface area contributed by atoms with Crippen LogP contribution in [-0.2, 0) is 6.42 Å². The summed E-state index contributed by atoms with van der Waals surface area (Å²) in [5.41, 5.74) is 3.10. The number of benzene rings is 1. The summed E-state index contributed by atoms with van der Waals surface area (Å²) in [5.74, 6) is 1.09. The molecule has 1 aromatic carbocycles. The molecular formula is C16H21F. The molecule has 0 aromatic heterocycles. The van der Waals surface area contributed by atoms with E-state index in [1.54, 1.807) is 12.1 Å². The molecule has 0 amide bonds. The molecule has 0 N–H and O–H groups in total. The molecule has 0 saturated heterocycles. The van der Waals surface area contributed by atoms with Crippen molar-refractivity contribution >= 4 is 6.08 Å². The first-order valence-corrected chi connectivity index (χ1v) is 6.64. The molecule has 92 valence electrons. The second-order valence-corrected chi connectivity index (χ2v) is 5.10. The topological polar surface area (TPSA) is 0 Å². The van der Waals surface area contributed by atoms with Crippen LogP contribution in [0.15, 0.2) is 18.7 Å². The van der Waals surface area contributed by atoms with Crippen molar-refractivity contribution in [2.24, 2.45) is 5.92 Å². The number of fused-ring (bicyclic) bond motifs is 1. The van der Waals surface area contributed by atoms with E-state index in [1.165, 1.54) is 12.0 Å². The first-order chi connectivity index (χ1) is 8.19. The lowest BCUT2D eigenvalue weighted by atomic mass is 9.74. The summed E-state index contributed by atoms with van der Waals surface area (Å²) >= 11 is 0. The molecule has 1 aliphatic rings. The van der Waals surface area contributed by atoms with Gasteiger partial charge in [0.25, 0.3) is 0 Å². The second kappa shape index (κ2) is 5.03. The summed E-state index contributed by atoms with van der Waals surface area (Å²) in [7, 11) is 0. The normalized spacial score (nSPS) is 23.2. The predicted molar refractivity (Wildman–Crippen MR) is 71.6 cm³/mol. The zero-order valence-electron chi connectivity index (χ0n) is 10.8. The largest absolute Gasteiger partial charge is 0.207 e. The van der Waals surface area contributed by atoms with Gasteiger partial charge < -0.3 is 0 Å². The average Bonchev–Trinajstić information content (AvgIpc) is 2.36. The summed E-state index contributed by atoms with van der Waals surface area (Å²) in [6.45, 7) is 8.12. The van der Waals surface area contributed by atoms with Crippen molar-refractivity contribution < 1.29 is 4.39 Å². The highest BCUT2D eigenvalue weighted by Gasteiger charge is 2.27. The molecule has 0 saturated carbocycles. The molecule has 1 heteroatoms. The Balaban J connectivity index is 2.48. The van der Waals surface area contributed by atoms with Crippen LogP contribution in [0.4, 0.5) is 4.39 Å². The van der Waals surface area contributed by atoms with Crippen LogP contribution in [0.3, 0.4) is 0 Å². The summed E-state index contributed by atoms with van der Waals surface area (Å²) in [6.07, 6.45) is 6.13. The van der Waals surface area contributed by atoms with Crippen molar-refractivity contribution in [3.8, 4) is 0 Å². The SMILES string of the molecule is C=Cc1cc(F)c2c(c1)CC(CC)C[C@H]2CC. The highest BCUT2D eigenvalue weighted by Crippen LogP contribution is 2.40. The fourth-order valence-corrected chi connectivity index (χ4v) is 3.04. The van der Waals surface area contributed by atoms with Gasteiger partial charge >= 0.3 is 0 Å². The lowest BCUT2D eigenvalue weighted by Gasteiger charge is -2.31. The van der Waals surface area contributed by atoms with Crippen LogP contribution in [0.5, 0.6) is 0 Å². The molecule has 2 atom stereocenters. The maximum absolute atomic E-state index is 14.1. The number of halogens is 1. The van der Waals surface area contributed by atoms with E-state index in [1.807, 2.05) is 0 Å². The van der Waals surface area contributed by atoms with Gasteiger partial charge in [-0.1, -0.05) is 39.0 Å². The lowest BCUT2D eigenvalue weighted by molar-refractivity contribution is 0.375. The van der Waals surface area contributed by atoms with Gasteiger partial charge in [-0.25, -0.2) is 4.39 Å². The Morgan fingerprint density at radius 1 is 1.35 bits per heavy atom. The van der Waals surface area contributed by atoms with Crippen LogP contribution < -0.4 is 0 Å². The minimum absolute atomic E-state index is 0.0289. The molecule has 2 rings (SSSR count). The van der Waals surface area contributed by atoms with E-state index in [2.05, 4.69) is 26.5 Å². The van der Waals surface area contributed by atoms with E-state index in [4.69, 9.17) is 0 Å². The quantitative estimate of drug-likeness (QED) is 0.692. The van der Waals surface area contributed by atoms with E-state index in [-0.39, 0.29) is 5.82 Å². The smallest absolute Gasteiger partial charge is 0.127 e. The van der Waals surface area contributed by atoms with Crippen molar-refractivity contribution in [3.63, 3.8) is 0 Å². The van der Waals surface area contributed by atoms with Crippen molar-refractivity contribution in [2.75, 3.05) is 0 Å². The van der Waals surface area contributed by atoms with Crippen LogP contribution >= 0.6 is 0 Å². The van der Waals surface area contributed by atoms with Crippen molar-refractivity contribution in [1.29, 1.82) is 0 Å². The van der Waals surface area contributed by atoms with E-state index in [0.717, 1.165) is 30.4 Å². The van der Waals surface area contributed by atoms with Crippen LogP contribution in [-0.4, -0.2) is 0 Å². The van der Waals surface area contributed by atoms with Crippen LogP contribution in [0, 0.1) is 11.7 Å². The molecule has 1 aromatic rings. The molecule has 0 bridgehead atoms. The van der Waals surface area contributed by atoms with E-state index < -0.39 is 0 Å². The number of hydrogen-bond donors (Lipinski definition) is 0. The third-order valence-corrected chi connectivity index (χ3v) is 4.08. The van der Waals surface area contributed by atoms with Crippen molar-refractivity contribution in [2.45, 2.75) is 45.4 Å². The number of hydrogen-bond acceptors (Lipinski definition) is 0. The Morgan fingerprint density at radius 3 is 2.71 bits per heavy atom. The van der Waals surface area contributed by atoms with Gasteiger partial charge in [-0.15, -0.1) is 0 Å². The van der Waals surface area contributed by atoms with Gasteiger partial charge in [0, 0.05) is 0 Å². The third kappa shape index (κ3) is 2.29. The molecule has 0 nitrogen and oxygen atoms in total. The van der Waals surface area contributed by atoms with E-state index in [9.17, 15) is 4.39 Å². The number of rotatable bonds is 3. The Kier molecular flexibility index (Phi) is 3.66. The van der Waals surface area contributed by atoms with Gasteiger partial charge in [0.1, 0.15) is 5.82 Å². The van der Waals surface area contributed by atoms with Crippen molar-refractivity contribution in [1.82, 2.24) is 0 Å². The van der Waals surface area contributed by atoms with Crippen LogP contribution in [0.1, 0.15) is 55.7 Å². The first-order valence-electron chi connectivity index (χ1n) is 6.64. The Hall–Kier alpha value is -1.11. The van der Waals surface area contributed by atoms with Gasteiger partial charge in [-0.05, 0) is 53.9 Å². The third-order valence-electron chi connectivity index (χ3n) is 4.08. The maximum atomic E-state index is 14.1. The molecule has 1 unspecified atom stereocenters. The minimum Gasteiger partial charge on any atom is -0.207 e. The van der Waals surface area contributed by atoms with Gasteiger partial charge in [-0.3, -0.25) is 0 Å². The molecule has 0 radical (unpaired) electrons. The van der Waals surface area contributed by atoms with Gasteiger partial charge in [0.05, 0.1) is 0 Å². The van der Waals surface area contributed by atoms with Gasteiger partial charge in [0.2, 0.25) is 0 Å². The highest BCUT2D eigenvalue weighted by atomic mass is 19.1. The fourth-order valence-electron chi connectivity index (χ4n) is 3.04. The molecular weight excluding hydrogens is 211 g/mol. The van der Waals surface area contributed by atoms with E-state index >= 15 is 0 Å². The van der Waals surface area contributed by atoms with Crippen molar-refractivity contribution in [3.05, 3.63) is 41.2 Å². The van der Waals surface area contributed by atoms with E-state index in [0.29, 0.717) is 11.8 Å².